The summed E-state index contributed by atoms with van der Waals surface area (Å²) in [5, 5.41) is 8.99. The Hall–Kier alpha value is -1.35. The van der Waals surface area contributed by atoms with Crippen LogP contribution in [0.3, 0.4) is 0 Å². The van der Waals surface area contributed by atoms with Crippen molar-refractivity contribution in [1.29, 1.82) is 0 Å². The van der Waals surface area contributed by atoms with E-state index in [0.717, 1.165) is 19.6 Å². The predicted molar refractivity (Wildman–Crippen MR) is 76.2 cm³/mol. The van der Waals surface area contributed by atoms with Gasteiger partial charge in [0, 0.05) is 19.6 Å². The quantitative estimate of drug-likeness (QED) is 0.906. The molecule has 1 heterocycles. The second-order valence-electron chi connectivity index (χ2n) is 5.94. The summed E-state index contributed by atoms with van der Waals surface area (Å²) in [6.07, 6.45) is 0. The fraction of sp³-hybridized carbons (Fsp3) is 0.562. The van der Waals surface area contributed by atoms with Gasteiger partial charge in [0.25, 0.3) is 0 Å². The van der Waals surface area contributed by atoms with Crippen molar-refractivity contribution in [3.05, 3.63) is 34.4 Å². The highest BCUT2D eigenvalue weighted by atomic mass is 16.4. The van der Waals surface area contributed by atoms with E-state index in [2.05, 4.69) is 37.8 Å². The lowest BCUT2D eigenvalue weighted by atomic mass is 9.86. The van der Waals surface area contributed by atoms with Gasteiger partial charge in [0.2, 0.25) is 0 Å². The van der Waals surface area contributed by atoms with Crippen molar-refractivity contribution in [1.82, 2.24) is 4.90 Å². The molecule has 1 unspecified atom stereocenters. The molecule has 0 radical (unpaired) electrons. The molecule has 1 aromatic carbocycles. The van der Waals surface area contributed by atoms with Crippen molar-refractivity contribution in [2.75, 3.05) is 13.1 Å². The van der Waals surface area contributed by atoms with Crippen LogP contribution in [0.1, 0.15) is 29.2 Å². The normalized spacial score (nSPS) is 18.1. The summed E-state index contributed by atoms with van der Waals surface area (Å²) in [4.78, 5) is 13.3. The van der Waals surface area contributed by atoms with E-state index in [1.165, 1.54) is 22.3 Å². The van der Waals surface area contributed by atoms with Crippen LogP contribution >= 0.6 is 0 Å². The molecule has 2 rings (SSSR count). The molecule has 0 bridgehead atoms. The van der Waals surface area contributed by atoms with E-state index in [9.17, 15) is 4.79 Å². The lowest BCUT2D eigenvalue weighted by Crippen LogP contribution is -2.50. The van der Waals surface area contributed by atoms with Crippen LogP contribution in [-0.4, -0.2) is 29.1 Å². The van der Waals surface area contributed by atoms with Crippen LogP contribution in [0, 0.1) is 32.6 Å². The van der Waals surface area contributed by atoms with Crippen LogP contribution in [-0.2, 0) is 11.3 Å². The van der Waals surface area contributed by atoms with Crippen molar-refractivity contribution in [2.45, 2.75) is 34.2 Å². The van der Waals surface area contributed by atoms with Crippen LogP contribution < -0.4 is 0 Å². The number of hydrogen-bond acceptors (Lipinski definition) is 2. The van der Waals surface area contributed by atoms with E-state index >= 15 is 0 Å². The van der Waals surface area contributed by atoms with Gasteiger partial charge in [0.05, 0.1) is 5.92 Å². The Morgan fingerprint density at radius 3 is 2.42 bits per heavy atom. The third kappa shape index (κ3) is 2.98. The summed E-state index contributed by atoms with van der Waals surface area (Å²) in [5.41, 5.74) is 5.36. The summed E-state index contributed by atoms with van der Waals surface area (Å²) in [7, 11) is 0. The third-order valence-electron chi connectivity index (χ3n) is 4.43. The minimum Gasteiger partial charge on any atom is -0.481 e. The van der Waals surface area contributed by atoms with E-state index in [-0.39, 0.29) is 5.92 Å². The van der Waals surface area contributed by atoms with E-state index in [1.54, 1.807) is 0 Å². The number of aryl methyl sites for hydroxylation is 3. The number of likely N-dealkylation sites (tertiary alicyclic amines) is 1. The summed E-state index contributed by atoms with van der Waals surface area (Å²) < 4.78 is 0. The summed E-state index contributed by atoms with van der Waals surface area (Å²) in [5.74, 6) is -0.589. The van der Waals surface area contributed by atoms with Crippen molar-refractivity contribution >= 4 is 5.97 Å². The second-order valence-corrected chi connectivity index (χ2v) is 5.94. The predicted octanol–water partition coefficient (Wildman–Crippen LogP) is 2.76. The molecule has 1 N–H and O–H groups in total. The molecule has 3 nitrogen and oxygen atoms in total. The first kappa shape index (κ1) is 14.1. The van der Waals surface area contributed by atoms with Gasteiger partial charge >= 0.3 is 5.97 Å². The first-order valence-electron chi connectivity index (χ1n) is 6.90. The smallest absolute Gasteiger partial charge is 0.306 e. The van der Waals surface area contributed by atoms with Crippen LogP contribution in [0.15, 0.2) is 12.1 Å². The van der Waals surface area contributed by atoms with Crippen molar-refractivity contribution in [3.63, 3.8) is 0 Å². The molecule has 0 aliphatic carbocycles. The Morgan fingerprint density at radius 2 is 1.84 bits per heavy atom. The number of carboxylic acid groups (broad SMARTS) is 1. The number of hydrogen-bond donors (Lipinski definition) is 1. The van der Waals surface area contributed by atoms with E-state index < -0.39 is 5.97 Å². The van der Waals surface area contributed by atoms with E-state index in [4.69, 9.17) is 5.11 Å². The number of rotatable bonds is 4. The molecule has 0 amide bonds. The number of carbonyl (C=O) groups is 1. The zero-order valence-corrected chi connectivity index (χ0v) is 12.2. The number of nitrogens with zero attached hydrogens (tertiary/aromatic N) is 1. The Bertz CT molecular complexity index is 490. The Morgan fingerprint density at radius 1 is 1.26 bits per heavy atom. The first-order chi connectivity index (χ1) is 8.88. The van der Waals surface area contributed by atoms with E-state index in [0.29, 0.717) is 5.92 Å². The van der Waals surface area contributed by atoms with Crippen molar-refractivity contribution in [2.24, 2.45) is 11.8 Å². The Labute approximate surface area is 115 Å². The Balaban J connectivity index is 1.95. The molecule has 1 aliphatic heterocycles. The largest absolute Gasteiger partial charge is 0.481 e. The fourth-order valence-corrected chi connectivity index (χ4v) is 2.69. The molecule has 1 saturated heterocycles. The van der Waals surface area contributed by atoms with Gasteiger partial charge in [0.1, 0.15) is 0 Å². The van der Waals surface area contributed by atoms with Gasteiger partial charge in [0.15, 0.2) is 0 Å². The van der Waals surface area contributed by atoms with Crippen molar-refractivity contribution in [3.8, 4) is 0 Å². The van der Waals surface area contributed by atoms with E-state index in [1.807, 2.05) is 6.92 Å². The highest BCUT2D eigenvalue weighted by Gasteiger charge is 2.34. The molecular weight excluding hydrogens is 238 g/mol. The number of aliphatic carboxylic acids is 1. The highest BCUT2D eigenvalue weighted by Crippen LogP contribution is 2.27. The van der Waals surface area contributed by atoms with Gasteiger partial charge in [-0.3, -0.25) is 9.69 Å². The molecule has 1 aromatic rings. The lowest BCUT2D eigenvalue weighted by Gasteiger charge is -2.41. The highest BCUT2D eigenvalue weighted by molar-refractivity contribution is 5.70. The SMILES string of the molecule is Cc1cc(C)c(CN2CC(C(C)C(=O)O)C2)cc1C. The molecule has 19 heavy (non-hydrogen) atoms. The topological polar surface area (TPSA) is 40.5 Å². The average Bonchev–Trinajstić information content (AvgIpc) is 2.28. The summed E-state index contributed by atoms with van der Waals surface area (Å²) in [6, 6.07) is 4.50. The second kappa shape index (κ2) is 5.33. The maximum Gasteiger partial charge on any atom is 0.306 e. The standard InChI is InChI=1S/C16H23NO2/c1-10-5-12(3)14(6-11(10)2)7-17-8-15(9-17)13(4)16(18)19/h5-6,13,15H,7-9H2,1-4H3,(H,18,19). The van der Waals surface area contributed by atoms with Crippen LogP contribution in [0.2, 0.25) is 0 Å². The monoisotopic (exact) mass is 261 g/mol. The van der Waals surface area contributed by atoms with Crippen molar-refractivity contribution < 1.29 is 9.90 Å². The minimum absolute atomic E-state index is 0.225. The minimum atomic E-state index is -0.674. The molecule has 1 atom stereocenters. The zero-order chi connectivity index (χ0) is 14.2. The van der Waals surface area contributed by atoms with Crippen LogP contribution in [0.25, 0.3) is 0 Å². The van der Waals surface area contributed by atoms with Gasteiger partial charge in [-0.05, 0) is 48.9 Å². The molecule has 1 fully saturated rings. The van der Waals surface area contributed by atoms with Gasteiger partial charge < -0.3 is 5.11 Å². The summed E-state index contributed by atoms with van der Waals surface area (Å²) >= 11 is 0. The van der Waals surface area contributed by atoms with Gasteiger partial charge in [-0.15, -0.1) is 0 Å². The lowest BCUT2D eigenvalue weighted by molar-refractivity contribution is -0.145. The first-order valence-corrected chi connectivity index (χ1v) is 6.90. The molecule has 104 valence electrons. The zero-order valence-electron chi connectivity index (χ0n) is 12.2. The van der Waals surface area contributed by atoms with Gasteiger partial charge in [-0.2, -0.15) is 0 Å². The molecular formula is C16H23NO2. The molecule has 0 saturated carbocycles. The summed E-state index contributed by atoms with van der Waals surface area (Å²) in [6.45, 7) is 11.0. The van der Waals surface area contributed by atoms with Gasteiger partial charge in [-0.25, -0.2) is 0 Å². The number of benzene rings is 1. The maximum atomic E-state index is 10.9. The van der Waals surface area contributed by atoms with Crippen LogP contribution in [0.5, 0.6) is 0 Å². The average molecular weight is 261 g/mol. The number of carboxylic acids is 1. The maximum absolute atomic E-state index is 10.9. The molecule has 0 spiro atoms. The van der Waals surface area contributed by atoms with Crippen LogP contribution in [0.4, 0.5) is 0 Å². The molecule has 0 aromatic heterocycles. The fourth-order valence-electron chi connectivity index (χ4n) is 2.69. The van der Waals surface area contributed by atoms with Gasteiger partial charge in [-0.1, -0.05) is 19.1 Å². The molecule has 1 aliphatic rings. The molecule has 3 heteroatoms. The third-order valence-corrected chi connectivity index (χ3v) is 4.43. The Kier molecular flexibility index (Phi) is 3.95.